The molecule has 3 heteroatoms. The van der Waals surface area contributed by atoms with E-state index < -0.39 is 0 Å². The van der Waals surface area contributed by atoms with Gasteiger partial charge in [0.05, 0.1) is 6.04 Å². The number of anilines is 1. The lowest BCUT2D eigenvalue weighted by Gasteiger charge is -2.43. The molecule has 5 rings (SSSR count). The van der Waals surface area contributed by atoms with Crippen LogP contribution in [0.15, 0.2) is 48.5 Å². The maximum absolute atomic E-state index is 12.8. The molecule has 0 aromatic heterocycles. The molecule has 0 radical (unpaired) electrons. The molecule has 2 bridgehead atoms. The molecule has 2 fully saturated rings. The molecule has 2 aliphatic carbocycles. The van der Waals surface area contributed by atoms with Crippen LogP contribution < -0.4 is 10.6 Å². The number of fused-ring (bicyclic) bond motifs is 7. The molecule has 5 atom stereocenters. The third kappa shape index (κ3) is 2.92. The van der Waals surface area contributed by atoms with Crippen molar-refractivity contribution in [3.8, 4) is 0 Å². The highest BCUT2D eigenvalue weighted by Gasteiger charge is 2.53. The van der Waals surface area contributed by atoms with Gasteiger partial charge >= 0.3 is 0 Å². The van der Waals surface area contributed by atoms with Crippen LogP contribution in [0, 0.1) is 17.8 Å². The van der Waals surface area contributed by atoms with Crippen molar-refractivity contribution in [2.24, 2.45) is 17.8 Å². The van der Waals surface area contributed by atoms with Crippen LogP contribution in [0.2, 0.25) is 0 Å². The summed E-state index contributed by atoms with van der Waals surface area (Å²) in [6.45, 7) is 6.09. The fraction of sp³-hybridized carbons (Fsp3) is 0.480. The first-order valence-corrected chi connectivity index (χ1v) is 10.7. The van der Waals surface area contributed by atoms with Crippen LogP contribution in [0.1, 0.15) is 73.5 Å². The average molecular weight is 375 g/mol. The third-order valence-electron chi connectivity index (χ3n) is 7.00. The van der Waals surface area contributed by atoms with E-state index >= 15 is 0 Å². The standard InChI is InChI=1S/C25H30N2O/c1-25(2,3)27-24(28)18-11-12-20-19(14-18)21-16-9-10-17(13-16)22(21)23(26-20)15-7-5-4-6-8-15/h4-8,11-12,14,16-17,21-23,26H,9-10,13H2,1-3H3,(H,27,28)/t16-,17+,21-,22+,23-/m0/s1. The number of carbonyl (C=O) groups is 1. The van der Waals surface area contributed by atoms with E-state index in [0.29, 0.717) is 17.9 Å². The zero-order valence-corrected chi connectivity index (χ0v) is 17.0. The van der Waals surface area contributed by atoms with Crippen molar-refractivity contribution in [1.82, 2.24) is 5.32 Å². The molecule has 2 N–H and O–H groups in total. The lowest BCUT2D eigenvalue weighted by atomic mass is 9.68. The van der Waals surface area contributed by atoms with Crippen LogP contribution in [0.5, 0.6) is 0 Å². The lowest BCUT2D eigenvalue weighted by Crippen LogP contribution is -2.41. The molecule has 2 saturated carbocycles. The van der Waals surface area contributed by atoms with E-state index in [9.17, 15) is 4.79 Å². The van der Waals surface area contributed by atoms with Crippen molar-refractivity contribution in [1.29, 1.82) is 0 Å². The molecule has 1 amide bonds. The Hall–Kier alpha value is -2.29. The SMILES string of the molecule is CC(C)(C)NC(=O)c1ccc2c(c1)[C@@H]1[C@H]3CC[C@H](C3)[C@H]1[C@H](c1ccccc1)N2. The number of carbonyl (C=O) groups excluding carboxylic acids is 1. The molecule has 3 nitrogen and oxygen atoms in total. The second-order valence-electron chi connectivity index (χ2n) is 9.98. The smallest absolute Gasteiger partial charge is 0.251 e. The summed E-state index contributed by atoms with van der Waals surface area (Å²) >= 11 is 0. The average Bonchev–Trinajstić information content (AvgIpc) is 3.29. The Labute approximate surface area is 167 Å². The third-order valence-corrected chi connectivity index (χ3v) is 7.00. The van der Waals surface area contributed by atoms with Crippen molar-refractivity contribution in [3.63, 3.8) is 0 Å². The first-order valence-electron chi connectivity index (χ1n) is 10.7. The summed E-state index contributed by atoms with van der Waals surface area (Å²) in [5.41, 5.74) is 4.54. The van der Waals surface area contributed by atoms with Gasteiger partial charge in [-0.05, 0) is 93.0 Å². The molecular weight excluding hydrogens is 344 g/mol. The Morgan fingerprint density at radius 2 is 1.79 bits per heavy atom. The van der Waals surface area contributed by atoms with E-state index in [4.69, 9.17) is 0 Å². The summed E-state index contributed by atoms with van der Waals surface area (Å²) in [5.74, 6) is 2.80. The molecule has 2 aromatic rings. The van der Waals surface area contributed by atoms with Crippen molar-refractivity contribution in [2.45, 2.75) is 57.5 Å². The minimum atomic E-state index is -0.224. The molecule has 3 aliphatic rings. The highest BCUT2D eigenvalue weighted by atomic mass is 16.1. The zero-order valence-electron chi connectivity index (χ0n) is 17.0. The van der Waals surface area contributed by atoms with Crippen molar-refractivity contribution in [2.75, 3.05) is 5.32 Å². The fourth-order valence-corrected chi connectivity index (χ4v) is 6.03. The summed E-state index contributed by atoms with van der Waals surface area (Å²) in [7, 11) is 0. The largest absolute Gasteiger partial charge is 0.378 e. The Kier molecular flexibility index (Phi) is 4.04. The van der Waals surface area contributed by atoms with Gasteiger partial charge in [-0.25, -0.2) is 0 Å². The monoisotopic (exact) mass is 374 g/mol. The van der Waals surface area contributed by atoms with Gasteiger partial charge in [0.25, 0.3) is 5.91 Å². The van der Waals surface area contributed by atoms with E-state index in [1.807, 2.05) is 26.8 Å². The number of rotatable bonds is 2. The van der Waals surface area contributed by atoms with E-state index in [0.717, 1.165) is 17.4 Å². The Morgan fingerprint density at radius 1 is 1.04 bits per heavy atom. The highest BCUT2D eigenvalue weighted by Crippen LogP contribution is 2.63. The molecule has 1 aliphatic heterocycles. The van der Waals surface area contributed by atoms with Crippen LogP contribution in [0.25, 0.3) is 0 Å². The fourth-order valence-electron chi connectivity index (χ4n) is 6.03. The number of benzene rings is 2. The highest BCUT2D eigenvalue weighted by molar-refractivity contribution is 5.95. The van der Waals surface area contributed by atoms with Crippen LogP contribution in [-0.4, -0.2) is 11.4 Å². The van der Waals surface area contributed by atoms with Crippen LogP contribution in [0.3, 0.4) is 0 Å². The number of hydrogen-bond donors (Lipinski definition) is 2. The van der Waals surface area contributed by atoms with Gasteiger partial charge < -0.3 is 10.6 Å². The van der Waals surface area contributed by atoms with Gasteiger partial charge in [-0.3, -0.25) is 4.79 Å². The van der Waals surface area contributed by atoms with Crippen molar-refractivity contribution < 1.29 is 4.79 Å². The molecule has 0 saturated heterocycles. The molecule has 1 heterocycles. The number of hydrogen-bond acceptors (Lipinski definition) is 2. The number of amides is 1. The van der Waals surface area contributed by atoms with E-state index in [-0.39, 0.29) is 11.4 Å². The molecule has 0 spiro atoms. The Morgan fingerprint density at radius 3 is 2.54 bits per heavy atom. The minimum absolute atomic E-state index is 0.0280. The lowest BCUT2D eigenvalue weighted by molar-refractivity contribution is 0.0919. The van der Waals surface area contributed by atoms with Crippen LogP contribution >= 0.6 is 0 Å². The summed E-state index contributed by atoms with van der Waals surface area (Å²) in [6.07, 6.45) is 4.04. The maximum atomic E-state index is 12.8. The predicted molar refractivity (Wildman–Crippen MR) is 114 cm³/mol. The quantitative estimate of drug-likeness (QED) is 0.727. The summed E-state index contributed by atoms with van der Waals surface area (Å²) in [5, 5.41) is 6.96. The van der Waals surface area contributed by atoms with E-state index in [1.54, 1.807) is 0 Å². The first kappa shape index (κ1) is 17.8. The maximum Gasteiger partial charge on any atom is 0.251 e. The van der Waals surface area contributed by atoms with Gasteiger partial charge in [0.1, 0.15) is 0 Å². The molecule has 146 valence electrons. The van der Waals surface area contributed by atoms with E-state index in [1.165, 1.54) is 36.1 Å². The van der Waals surface area contributed by atoms with Gasteiger partial charge in [-0.2, -0.15) is 0 Å². The molecule has 28 heavy (non-hydrogen) atoms. The number of nitrogens with one attached hydrogen (secondary N) is 2. The normalized spacial score (nSPS) is 30.3. The topological polar surface area (TPSA) is 41.1 Å². The van der Waals surface area contributed by atoms with Crippen molar-refractivity contribution >= 4 is 11.6 Å². The van der Waals surface area contributed by atoms with Gasteiger partial charge in [0.2, 0.25) is 0 Å². The summed E-state index contributed by atoms with van der Waals surface area (Å²) in [6, 6.07) is 17.6. The van der Waals surface area contributed by atoms with Gasteiger partial charge in [-0.15, -0.1) is 0 Å². The minimum Gasteiger partial charge on any atom is -0.378 e. The van der Waals surface area contributed by atoms with Gasteiger partial charge in [-0.1, -0.05) is 30.3 Å². The zero-order chi connectivity index (χ0) is 19.5. The Balaban J connectivity index is 1.54. The van der Waals surface area contributed by atoms with Crippen LogP contribution in [-0.2, 0) is 0 Å². The molecular formula is C25H30N2O. The summed E-state index contributed by atoms with van der Waals surface area (Å²) in [4.78, 5) is 12.8. The molecule has 2 aromatic carbocycles. The predicted octanol–water partition coefficient (Wildman–Crippen LogP) is 5.51. The Bertz CT molecular complexity index is 899. The molecule has 0 unspecified atom stereocenters. The van der Waals surface area contributed by atoms with Crippen molar-refractivity contribution in [3.05, 3.63) is 65.2 Å². The first-order chi connectivity index (χ1) is 13.4. The second-order valence-corrected chi connectivity index (χ2v) is 9.98. The van der Waals surface area contributed by atoms with Gasteiger partial charge in [0.15, 0.2) is 0 Å². The summed E-state index contributed by atoms with van der Waals surface area (Å²) < 4.78 is 0. The van der Waals surface area contributed by atoms with Gasteiger partial charge in [0, 0.05) is 16.8 Å². The van der Waals surface area contributed by atoms with E-state index in [2.05, 4.69) is 53.1 Å². The van der Waals surface area contributed by atoms with Crippen LogP contribution in [0.4, 0.5) is 5.69 Å². The second kappa shape index (κ2) is 6.37.